The van der Waals surface area contributed by atoms with E-state index in [1.807, 2.05) is 18.2 Å². The zero-order valence-corrected chi connectivity index (χ0v) is 11.6. The molecule has 1 saturated carbocycles. The normalized spacial score (nSPS) is 20.1. The first kappa shape index (κ1) is 13.9. The Labute approximate surface area is 115 Å². The van der Waals surface area contributed by atoms with Crippen LogP contribution >= 0.6 is 11.6 Å². The fraction of sp³-hybridized carbons (Fsp3) is 0.600. The lowest BCUT2D eigenvalue weighted by atomic mass is 9.83. The van der Waals surface area contributed by atoms with Crippen LogP contribution < -0.4 is 11.3 Å². The molecule has 3 heteroatoms. The summed E-state index contributed by atoms with van der Waals surface area (Å²) in [5.41, 5.74) is 4.14. The molecular weight excluding hydrogens is 244 g/mol. The lowest BCUT2D eigenvalue weighted by molar-refractivity contribution is 0.290. The van der Waals surface area contributed by atoms with Crippen LogP contribution in [0.1, 0.15) is 56.6 Å². The van der Waals surface area contributed by atoms with Gasteiger partial charge in [-0.3, -0.25) is 11.3 Å². The van der Waals surface area contributed by atoms with Gasteiger partial charge in [0.05, 0.1) is 6.04 Å². The van der Waals surface area contributed by atoms with Crippen molar-refractivity contribution >= 4 is 11.6 Å². The van der Waals surface area contributed by atoms with Crippen LogP contribution in [0.25, 0.3) is 0 Å². The minimum Gasteiger partial charge on any atom is -0.271 e. The van der Waals surface area contributed by atoms with E-state index in [9.17, 15) is 0 Å². The van der Waals surface area contributed by atoms with Gasteiger partial charge in [0.2, 0.25) is 0 Å². The molecule has 1 atom stereocenters. The number of halogens is 1. The molecule has 1 fully saturated rings. The molecule has 18 heavy (non-hydrogen) atoms. The van der Waals surface area contributed by atoms with Gasteiger partial charge in [-0.15, -0.1) is 0 Å². The highest BCUT2D eigenvalue weighted by Gasteiger charge is 2.24. The van der Waals surface area contributed by atoms with Crippen molar-refractivity contribution in [1.29, 1.82) is 0 Å². The largest absolute Gasteiger partial charge is 0.271 e. The number of hydrazine groups is 1. The van der Waals surface area contributed by atoms with E-state index in [-0.39, 0.29) is 6.04 Å². The lowest BCUT2D eigenvalue weighted by Gasteiger charge is -2.29. The van der Waals surface area contributed by atoms with E-state index in [1.165, 1.54) is 44.9 Å². The molecule has 2 rings (SSSR count). The molecule has 0 aliphatic heterocycles. The number of nitrogens with one attached hydrogen (secondary N) is 1. The molecule has 2 nitrogen and oxygen atoms in total. The maximum Gasteiger partial charge on any atom is 0.0502 e. The number of hydrogen-bond acceptors (Lipinski definition) is 2. The first-order valence-electron chi connectivity index (χ1n) is 7.03. The second-order valence-electron chi connectivity index (χ2n) is 5.27. The second-order valence-corrected chi connectivity index (χ2v) is 5.68. The van der Waals surface area contributed by atoms with Crippen LogP contribution in [0.4, 0.5) is 0 Å². The minimum atomic E-state index is 0.191. The predicted molar refractivity (Wildman–Crippen MR) is 77.3 cm³/mol. The summed E-state index contributed by atoms with van der Waals surface area (Å²) >= 11 is 6.29. The first-order chi connectivity index (χ1) is 8.83. The maximum absolute atomic E-state index is 6.29. The molecule has 1 aliphatic rings. The topological polar surface area (TPSA) is 38.0 Å². The highest BCUT2D eigenvalue weighted by Crippen LogP contribution is 2.35. The fourth-order valence-electron chi connectivity index (χ4n) is 3.03. The number of nitrogens with two attached hydrogens (primary N) is 1. The van der Waals surface area contributed by atoms with Gasteiger partial charge in [-0.05, 0) is 30.4 Å². The Balaban J connectivity index is 2.13. The molecule has 0 spiro atoms. The zero-order chi connectivity index (χ0) is 12.8. The van der Waals surface area contributed by atoms with Crippen LogP contribution in [0.5, 0.6) is 0 Å². The third kappa shape index (κ3) is 3.47. The standard InChI is InChI=1S/C15H23ClN2/c16-14-11-7-6-10-13(14)15(18-17)12-8-4-2-1-3-5-9-12/h6-7,10-12,15,18H,1-5,8-9,17H2. The van der Waals surface area contributed by atoms with Gasteiger partial charge in [-0.25, -0.2) is 0 Å². The van der Waals surface area contributed by atoms with E-state index in [4.69, 9.17) is 17.4 Å². The number of rotatable bonds is 3. The van der Waals surface area contributed by atoms with Crippen LogP contribution in [0, 0.1) is 5.92 Å². The van der Waals surface area contributed by atoms with E-state index in [2.05, 4.69) is 11.5 Å². The van der Waals surface area contributed by atoms with Gasteiger partial charge in [0.15, 0.2) is 0 Å². The van der Waals surface area contributed by atoms with Crippen molar-refractivity contribution in [1.82, 2.24) is 5.43 Å². The van der Waals surface area contributed by atoms with Crippen molar-refractivity contribution in [2.45, 2.75) is 51.0 Å². The fourth-order valence-corrected chi connectivity index (χ4v) is 3.28. The average Bonchev–Trinajstić information content (AvgIpc) is 2.34. The third-order valence-electron chi connectivity index (χ3n) is 4.04. The summed E-state index contributed by atoms with van der Waals surface area (Å²) in [5, 5.41) is 0.822. The summed E-state index contributed by atoms with van der Waals surface area (Å²) < 4.78 is 0. The van der Waals surface area contributed by atoms with Gasteiger partial charge in [-0.1, -0.05) is 61.9 Å². The Bertz CT molecular complexity index is 359. The Kier molecular flexibility index (Phi) is 5.48. The average molecular weight is 267 g/mol. The van der Waals surface area contributed by atoms with E-state index < -0.39 is 0 Å². The SMILES string of the molecule is NNC(c1ccccc1Cl)C1CCCCCCC1. The maximum atomic E-state index is 6.29. The van der Waals surface area contributed by atoms with Crippen LogP contribution in [0.3, 0.4) is 0 Å². The molecule has 0 heterocycles. The molecular formula is C15H23ClN2. The van der Waals surface area contributed by atoms with Crippen LogP contribution in [-0.2, 0) is 0 Å². The van der Waals surface area contributed by atoms with Gasteiger partial charge in [-0.2, -0.15) is 0 Å². The van der Waals surface area contributed by atoms with Gasteiger partial charge in [0.1, 0.15) is 0 Å². The summed E-state index contributed by atoms with van der Waals surface area (Å²) in [6.45, 7) is 0. The van der Waals surface area contributed by atoms with Crippen LogP contribution in [0.2, 0.25) is 5.02 Å². The van der Waals surface area contributed by atoms with Crippen molar-refractivity contribution in [3.63, 3.8) is 0 Å². The molecule has 0 amide bonds. The van der Waals surface area contributed by atoms with Crippen molar-refractivity contribution in [3.05, 3.63) is 34.9 Å². The highest BCUT2D eigenvalue weighted by molar-refractivity contribution is 6.31. The molecule has 0 radical (unpaired) electrons. The molecule has 3 N–H and O–H groups in total. The monoisotopic (exact) mass is 266 g/mol. The molecule has 0 aromatic heterocycles. The first-order valence-corrected chi connectivity index (χ1v) is 7.41. The molecule has 1 unspecified atom stereocenters. The quantitative estimate of drug-likeness (QED) is 0.635. The second kappa shape index (κ2) is 7.13. The number of benzene rings is 1. The van der Waals surface area contributed by atoms with E-state index >= 15 is 0 Å². The summed E-state index contributed by atoms with van der Waals surface area (Å²) in [6.07, 6.45) is 9.23. The van der Waals surface area contributed by atoms with E-state index in [1.54, 1.807) is 0 Å². The van der Waals surface area contributed by atoms with Gasteiger partial charge < -0.3 is 0 Å². The smallest absolute Gasteiger partial charge is 0.0502 e. The van der Waals surface area contributed by atoms with Crippen molar-refractivity contribution < 1.29 is 0 Å². The van der Waals surface area contributed by atoms with E-state index in [0.29, 0.717) is 5.92 Å². The summed E-state index contributed by atoms with van der Waals surface area (Å²) in [7, 11) is 0. The molecule has 100 valence electrons. The van der Waals surface area contributed by atoms with Gasteiger partial charge in [0, 0.05) is 5.02 Å². The van der Waals surface area contributed by atoms with Crippen molar-refractivity contribution in [2.75, 3.05) is 0 Å². The summed E-state index contributed by atoms with van der Waals surface area (Å²) in [5.74, 6) is 6.39. The highest BCUT2D eigenvalue weighted by atomic mass is 35.5. The lowest BCUT2D eigenvalue weighted by Crippen LogP contribution is -2.34. The predicted octanol–water partition coefficient (Wildman–Crippen LogP) is 4.20. The Morgan fingerprint density at radius 1 is 1.06 bits per heavy atom. The molecule has 1 aromatic rings. The van der Waals surface area contributed by atoms with Gasteiger partial charge in [0.25, 0.3) is 0 Å². The van der Waals surface area contributed by atoms with Crippen molar-refractivity contribution in [2.24, 2.45) is 11.8 Å². The van der Waals surface area contributed by atoms with Crippen LogP contribution in [0.15, 0.2) is 24.3 Å². The summed E-state index contributed by atoms with van der Waals surface area (Å²) in [6, 6.07) is 8.23. The van der Waals surface area contributed by atoms with E-state index in [0.717, 1.165) is 10.6 Å². The third-order valence-corrected chi connectivity index (χ3v) is 4.39. The summed E-state index contributed by atoms with van der Waals surface area (Å²) in [4.78, 5) is 0. The van der Waals surface area contributed by atoms with Crippen molar-refractivity contribution in [3.8, 4) is 0 Å². The number of hydrogen-bond donors (Lipinski definition) is 2. The Morgan fingerprint density at radius 3 is 2.28 bits per heavy atom. The Morgan fingerprint density at radius 2 is 1.67 bits per heavy atom. The molecule has 1 aliphatic carbocycles. The zero-order valence-electron chi connectivity index (χ0n) is 10.9. The molecule has 0 bridgehead atoms. The molecule has 1 aromatic carbocycles. The minimum absolute atomic E-state index is 0.191. The van der Waals surface area contributed by atoms with Gasteiger partial charge >= 0.3 is 0 Å². The van der Waals surface area contributed by atoms with Crippen LogP contribution in [-0.4, -0.2) is 0 Å². The Hall–Kier alpha value is -0.570. The molecule has 0 saturated heterocycles.